The van der Waals surface area contributed by atoms with Crippen molar-refractivity contribution in [1.82, 2.24) is 0 Å². The van der Waals surface area contributed by atoms with E-state index in [9.17, 15) is 4.79 Å². The molecule has 1 aromatic carbocycles. The maximum atomic E-state index is 11.0. The van der Waals surface area contributed by atoms with Gasteiger partial charge in [0, 0.05) is 0 Å². The molecule has 1 fully saturated rings. The van der Waals surface area contributed by atoms with E-state index in [1.807, 2.05) is 0 Å². The molecule has 5 heteroatoms. The Morgan fingerprint density at radius 3 is 2.07 bits per heavy atom. The summed E-state index contributed by atoms with van der Waals surface area (Å²) in [5.74, 6) is -0.806. The smallest absolute Gasteiger partial charge is 0.481 e. The van der Waals surface area contributed by atoms with Crippen LogP contribution in [0.5, 0.6) is 0 Å². The maximum absolute atomic E-state index is 11.0. The van der Waals surface area contributed by atoms with E-state index in [1.165, 1.54) is 0 Å². The van der Waals surface area contributed by atoms with E-state index in [1.54, 1.807) is 24.3 Å². The van der Waals surface area contributed by atoms with E-state index in [0.29, 0.717) is 18.3 Å². The van der Waals surface area contributed by atoms with Crippen molar-refractivity contribution in [2.45, 2.75) is 18.3 Å². The molecule has 15 heavy (non-hydrogen) atoms. The van der Waals surface area contributed by atoms with Gasteiger partial charge >= 0.3 is 13.1 Å². The second kappa shape index (κ2) is 3.36. The molecule has 0 heterocycles. The molecular weight excluding hydrogens is 195 g/mol. The molecule has 78 valence electrons. The molecule has 4 nitrogen and oxygen atoms in total. The third-order valence-corrected chi connectivity index (χ3v) is 2.92. The van der Waals surface area contributed by atoms with Gasteiger partial charge in [-0.05, 0) is 23.9 Å². The fourth-order valence-corrected chi connectivity index (χ4v) is 1.73. The molecule has 0 amide bonds. The van der Waals surface area contributed by atoms with E-state index >= 15 is 0 Å². The van der Waals surface area contributed by atoms with E-state index in [4.69, 9.17) is 15.2 Å². The number of carboxylic acid groups (broad SMARTS) is 1. The third kappa shape index (κ3) is 1.64. The summed E-state index contributed by atoms with van der Waals surface area (Å²) in [7, 11) is -1.50. The lowest BCUT2D eigenvalue weighted by Gasteiger charge is -2.10. The molecule has 1 saturated carbocycles. The molecule has 0 spiro atoms. The molecule has 0 bridgehead atoms. The molecule has 0 aliphatic heterocycles. The van der Waals surface area contributed by atoms with Crippen molar-refractivity contribution >= 4 is 18.6 Å². The van der Waals surface area contributed by atoms with Gasteiger partial charge in [0.1, 0.15) is 0 Å². The summed E-state index contributed by atoms with van der Waals surface area (Å²) in [5, 5.41) is 26.8. The number of benzene rings is 1. The summed E-state index contributed by atoms with van der Waals surface area (Å²) in [5.41, 5.74) is 0.387. The van der Waals surface area contributed by atoms with Gasteiger partial charge in [-0.1, -0.05) is 24.3 Å². The molecule has 1 aromatic rings. The number of carboxylic acids is 1. The fourth-order valence-electron chi connectivity index (χ4n) is 1.73. The van der Waals surface area contributed by atoms with Crippen LogP contribution in [0.3, 0.4) is 0 Å². The van der Waals surface area contributed by atoms with Crippen LogP contribution >= 0.6 is 0 Å². The Morgan fingerprint density at radius 2 is 1.73 bits per heavy atom. The summed E-state index contributed by atoms with van der Waals surface area (Å²) >= 11 is 0. The average Bonchev–Trinajstić information content (AvgIpc) is 2.98. The molecule has 0 unspecified atom stereocenters. The van der Waals surface area contributed by atoms with Crippen molar-refractivity contribution in [1.29, 1.82) is 0 Å². The first-order chi connectivity index (χ1) is 7.06. The number of carbonyl (C=O) groups is 1. The van der Waals surface area contributed by atoms with Crippen LogP contribution in [0.4, 0.5) is 0 Å². The lowest BCUT2D eigenvalue weighted by Crippen LogP contribution is -2.30. The van der Waals surface area contributed by atoms with Gasteiger partial charge in [0.25, 0.3) is 0 Å². The normalized spacial score (nSPS) is 17.2. The van der Waals surface area contributed by atoms with Gasteiger partial charge in [-0.2, -0.15) is 0 Å². The summed E-state index contributed by atoms with van der Waals surface area (Å²) in [6.07, 6.45) is 1.31. The predicted molar refractivity (Wildman–Crippen MR) is 54.8 cm³/mol. The number of hydrogen-bond donors (Lipinski definition) is 3. The molecule has 0 saturated heterocycles. The van der Waals surface area contributed by atoms with Gasteiger partial charge in [0.2, 0.25) is 0 Å². The number of rotatable bonds is 3. The van der Waals surface area contributed by atoms with Crippen molar-refractivity contribution in [3.05, 3.63) is 29.8 Å². The SMILES string of the molecule is O=C(O)C1(c2ccc(B(O)O)cc2)CC1. The molecule has 2 rings (SSSR count). The molecule has 3 N–H and O–H groups in total. The first-order valence-electron chi connectivity index (χ1n) is 4.76. The van der Waals surface area contributed by atoms with E-state index in [-0.39, 0.29) is 0 Å². The summed E-state index contributed by atoms with van der Waals surface area (Å²) in [6, 6.07) is 6.39. The topological polar surface area (TPSA) is 77.8 Å². The Labute approximate surface area is 87.3 Å². The van der Waals surface area contributed by atoms with Crippen LogP contribution in [0, 0.1) is 0 Å². The van der Waals surface area contributed by atoms with Crippen LogP contribution in [0.15, 0.2) is 24.3 Å². The monoisotopic (exact) mass is 206 g/mol. The molecule has 0 radical (unpaired) electrons. The Morgan fingerprint density at radius 1 is 1.20 bits per heavy atom. The van der Waals surface area contributed by atoms with Gasteiger partial charge in [0.15, 0.2) is 0 Å². The zero-order chi connectivity index (χ0) is 11.1. The molecule has 0 atom stereocenters. The second-order valence-corrected chi connectivity index (χ2v) is 3.88. The highest BCUT2D eigenvalue weighted by Crippen LogP contribution is 2.48. The standard InChI is InChI=1S/C10H11BO4/c12-9(13)10(5-6-10)7-1-3-8(4-2-7)11(14)15/h1-4,14-15H,5-6H2,(H,12,13). The Balaban J connectivity index is 2.28. The quantitative estimate of drug-likeness (QED) is 0.581. The lowest BCUT2D eigenvalue weighted by atomic mass is 9.79. The van der Waals surface area contributed by atoms with Gasteiger partial charge in [-0.25, -0.2) is 0 Å². The average molecular weight is 206 g/mol. The summed E-state index contributed by atoms with van der Waals surface area (Å²) < 4.78 is 0. The Kier molecular flexibility index (Phi) is 2.29. The van der Waals surface area contributed by atoms with E-state index in [2.05, 4.69) is 0 Å². The van der Waals surface area contributed by atoms with Crippen molar-refractivity contribution in [2.24, 2.45) is 0 Å². The summed E-state index contributed by atoms with van der Waals surface area (Å²) in [4.78, 5) is 11.0. The van der Waals surface area contributed by atoms with Crippen LogP contribution < -0.4 is 5.46 Å². The lowest BCUT2D eigenvalue weighted by molar-refractivity contribution is -0.140. The minimum atomic E-state index is -1.50. The highest BCUT2D eigenvalue weighted by molar-refractivity contribution is 6.58. The molecule has 1 aliphatic rings. The second-order valence-electron chi connectivity index (χ2n) is 3.88. The van der Waals surface area contributed by atoms with Gasteiger partial charge in [0.05, 0.1) is 5.41 Å². The first-order valence-corrected chi connectivity index (χ1v) is 4.76. The number of hydrogen-bond acceptors (Lipinski definition) is 3. The third-order valence-electron chi connectivity index (χ3n) is 2.92. The molecule has 1 aliphatic carbocycles. The predicted octanol–water partition coefficient (Wildman–Crippen LogP) is -0.517. The minimum Gasteiger partial charge on any atom is -0.481 e. The van der Waals surface area contributed by atoms with E-state index in [0.717, 1.165) is 5.56 Å². The van der Waals surface area contributed by atoms with Crippen LogP contribution in [-0.2, 0) is 10.2 Å². The van der Waals surface area contributed by atoms with Crippen molar-refractivity contribution in [2.75, 3.05) is 0 Å². The van der Waals surface area contributed by atoms with E-state index < -0.39 is 18.5 Å². The van der Waals surface area contributed by atoms with Crippen molar-refractivity contribution in [3.63, 3.8) is 0 Å². The summed E-state index contributed by atoms with van der Waals surface area (Å²) in [6.45, 7) is 0. The number of aliphatic carboxylic acids is 1. The largest absolute Gasteiger partial charge is 0.488 e. The van der Waals surface area contributed by atoms with Crippen LogP contribution in [0.2, 0.25) is 0 Å². The van der Waals surface area contributed by atoms with Gasteiger partial charge in [-0.3, -0.25) is 4.79 Å². The van der Waals surface area contributed by atoms with Gasteiger partial charge < -0.3 is 15.2 Å². The van der Waals surface area contributed by atoms with Crippen molar-refractivity contribution < 1.29 is 19.9 Å². The first kappa shape index (κ1) is 10.2. The van der Waals surface area contributed by atoms with Gasteiger partial charge in [-0.15, -0.1) is 0 Å². The van der Waals surface area contributed by atoms with Crippen LogP contribution in [-0.4, -0.2) is 28.2 Å². The van der Waals surface area contributed by atoms with Crippen molar-refractivity contribution in [3.8, 4) is 0 Å². The Bertz CT molecular complexity index is 381. The highest BCUT2D eigenvalue weighted by atomic mass is 16.4. The molecule has 0 aromatic heterocycles. The van der Waals surface area contributed by atoms with Crippen LogP contribution in [0.25, 0.3) is 0 Å². The Hall–Kier alpha value is -1.33. The fraction of sp³-hybridized carbons (Fsp3) is 0.300. The zero-order valence-electron chi connectivity index (χ0n) is 8.05. The zero-order valence-corrected chi connectivity index (χ0v) is 8.05. The van der Waals surface area contributed by atoms with Crippen LogP contribution in [0.1, 0.15) is 18.4 Å². The minimum absolute atomic E-state index is 0.375. The molecular formula is C10H11BO4. The maximum Gasteiger partial charge on any atom is 0.488 e. The highest BCUT2D eigenvalue weighted by Gasteiger charge is 2.51.